The summed E-state index contributed by atoms with van der Waals surface area (Å²) in [4.78, 5) is 24.9. The van der Waals surface area contributed by atoms with Crippen molar-refractivity contribution in [2.45, 2.75) is 20.3 Å². The summed E-state index contributed by atoms with van der Waals surface area (Å²) in [5, 5.41) is 7.33. The summed E-state index contributed by atoms with van der Waals surface area (Å²) < 4.78 is 22.6. The Balaban J connectivity index is 1.62. The average Bonchev–Trinajstić information content (AvgIpc) is 2.92. The standard InChI is InChI=1S/C28H29BrClN3O6/c1-5-10-38-23-9-7-19(13-24(23)36-3)28(35)33-31-15-18-11-21(29)27(25(12-18)37-4)39-16-26(34)32-20-8-6-17(2)22(30)14-20/h6-9,11-15H,5,10,16H2,1-4H3,(H,32,34)(H,33,35)/b31-15+. The minimum Gasteiger partial charge on any atom is -0.493 e. The number of anilines is 1. The topological polar surface area (TPSA) is 107 Å². The maximum atomic E-state index is 12.6. The number of nitrogens with one attached hydrogen (secondary N) is 2. The molecule has 0 aromatic heterocycles. The molecule has 0 fully saturated rings. The van der Waals surface area contributed by atoms with Crippen LogP contribution < -0.4 is 29.7 Å². The van der Waals surface area contributed by atoms with Gasteiger partial charge in [0.25, 0.3) is 11.8 Å². The van der Waals surface area contributed by atoms with Crippen LogP contribution in [-0.4, -0.2) is 45.5 Å². The van der Waals surface area contributed by atoms with Gasteiger partial charge in [0.1, 0.15) is 0 Å². The lowest BCUT2D eigenvalue weighted by molar-refractivity contribution is -0.118. The van der Waals surface area contributed by atoms with Gasteiger partial charge < -0.3 is 24.3 Å². The number of ether oxygens (including phenoxy) is 4. The van der Waals surface area contributed by atoms with Crippen molar-refractivity contribution in [1.82, 2.24) is 5.43 Å². The molecule has 3 aromatic rings. The van der Waals surface area contributed by atoms with Crippen LogP contribution >= 0.6 is 27.5 Å². The Morgan fingerprint density at radius 3 is 2.46 bits per heavy atom. The van der Waals surface area contributed by atoms with E-state index < -0.39 is 5.91 Å². The van der Waals surface area contributed by atoms with Gasteiger partial charge in [-0.3, -0.25) is 9.59 Å². The number of halogens is 2. The van der Waals surface area contributed by atoms with Gasteiger partial charge in [-0.05, 0) is 82.9 Å². The van der Waals surface area contributed by atoms with E-state index >= 15 is 0 Å². The van der Waals surface area contributed by atoms with E-state index in [1.165, 1.54) is 20.4 Å². The van der Waals surface area contributed by atoms with Crippen molar-refractivity contribution in [1.29, 1.82) is 0 Å². The summed E-state index contributed by atoms with van der Waals surface area (Å²) in [7, 11) is 2.99. The minimum atomic E-state index is -0.418. The second-order valence-corrected chi connectivity index (χ2v) is 9.51. The molecule has 39 heavy (non-hydrogen) atoms. The second kappa shape index (κ2) is 14.4. The predicted molar refractivity (Wildman–Crippen MR) is 155 cm³/mol. The largest absolute Gasteiger partial charge is 0.493 e. The molecule has 0 unspecified atom stereocenters. The van der Waals surface area contributed by atoms with Gasteiger partial charge in [-0.2, -0.15) is 5.10 Å². The van der Waals surface area contributed by atoms with Gasteiger partial charge in [-0.25, -0.2) is 5.43 Å². The highest BCUT2D eigenvalue weighted by molar-refractivity contribution is 9.10. The number of hydrazone groups is 1. The SMILES string of the molecule is CCCOc1ccc(C(=O)N/N=C/c2cc(Br)c(OCC(=O)Nc3ccc(C)c(Cl)c3)c(OC)c2)cc1OC. The summed E-state index contributed by atoms with van der Waals surface area (Å²) in [5.41, 5.74) is 4.95. The molecule has 0 bridgehead atoms. The number of nitrogens with zero attached hydrogens (tertiary/aromatic N) is 1. The Bertz CT molecular complexity index is 1370. The highest BCUT2D eigenvalue weighted by atomic mass is 79.9. The van der Waals surface area contributed by atoms with Gasteiger partial charge in [-0.15, -0.1) is 0 Å². The molecule has 0 spiro atoms. The molecule has 3 rings (SSSR count). The number of rotatable bonds is 12. The van der Waals surface area contributed by atoms with Crippen LogP contribution in [0.15, 0.2) is 58.1 Å². The molecule has 0 aliphatic carbocycles. The fourth-order valence-corrected chi connectivity index (χ4v) is 4.08. The van der Waals surface area contributed by atoms with E-state index in [9.17, 15) is 9.59 Å². The van der Waals surface area contributed by atoms with Crippen LogP contribution in [0.2, 0.25) is 5.02 Å². The normalized spacial score (nSPS) is 10.7. The van der Waals surface area contributed by atoms with Gasteiger partial charge in [-0.1, -0.05) is 24.6 Å². The summed E-state index contributed by atoms with van der Waals surface area (Å²) in [6.45, 7) is 4.17. The second-order valence-electron chi connectivity index (χ2n) is 8.25. The molecule has 2 amide bonds. The molecule has 0 heterocycles. The Labute approximate surface area is 240 Å². The van der Waals surface area contributed by atoms with Crippen molar-refractivity contribution >= 4 is 51.2 Å². The Morgan fingerprint density at radius 1 is 1.00 bits per heavy atom. The lowest BCUT2D eigenvalue weighted by Crippen LogP contribution is -2.20. The quantitative estimate of drug-likeness (QED) is 0.191. The summed E-state index contributed by atoms with van der Waals surface area (Å²) in [6.07, 6.45) is 2.31. The first kappa shape index (κ1) is 29.8. The zero-order valence-corrected chi connectivity index (χ0v) is 24.3. The van der Waals surface area contributed by atoms with Crippen LogP contribution in [0.4, 0.5) is 5.69 Å². The number of hydrogen-bond donors (Lipinski definition) is 2. The fraction of sp³-hybridized carbons (Fsp3) is 0.250. The lowest BCUT2D eigenvalue weighted by Gasteiger charge is -2.14. The minimum absolute atomic E-state index is 0.254. The third kappa shape index (κ3) is 8.36. The van der Waals surface area contributed by atoms with Crippen molar-refractivity contribution in [3.8, 4) is 23.0 Å². The predicted octanol–water partition coefficient (Wildman–Crippen LogP) is 6.00. The van der Waals surface area contributed by atoms with E-state index in [1.54, 1.807) is 42.5 Å². The number of carbonyl (C=O) groups is 2. The Hall–Kier alpha value is -3.76. The van der Waals surface area contributed by atoms with Crippen LogP contribution in [0.1, 0.15) is 34.8 Å². The molecule has 0 atom stereocenters. The van der Waals surface area contributed by atoms with Gasteiger partial charge >= 0.3 is 0 Å². The van der Waals surface area contributed by atoms with Crippen molar-refractivity contribution < 1.29 is 28.5 Å². The number of carbonyl (C=O) groups excluding carboxylic acids is 2. The molecule has 0 aliphatic rings. The molecule has 0 saturated carbocycles. The number of methoxy groups -OCH3 is 2. The molecule has 0 saturated heterocycles. The molecule has 206 valence electrons. The van der Waals surface area contributed by atoms with Crippen molar-refractivity contribution in [3.63, 3.8) is 0 Å². The molecule has 0 aliphatic heterocycles. The third-order valence-corrected chi connectivity index (χ3v) is 6.32. The Kier molecular flexibility index (Phi) is 11.0. The lowest BCUT2D eigenvalue weighted by atomic mass is 10.2. The number of benzene rings is 3. The van der Waals surface area contributed by atoms with E-state index in [0.717, 1.165) is 12.0 Å². The summed E-state index contributed by atoms with van der Waals surface area (Å²) in [5.74, 6) is 0.956. The molecule has 0 radical (unpaired) electrons. The molecular weight excluding hydrogens is 590 g/mol. The average molecular weight is 619 g/mol. The van der Waals surface area contributed by atoms with E-state index in [-0.39, 0.29) is 12.5 Å². The first-order chi connectivity index (χ1) is 18.7. The summed E-state index contributed by atoms with van der Waals surface area (Å²) in [6, 6.07) is 13.5. The zero-order chi connectivity index (χ0) is 28.4. The monoisotopic (exact) mass is 617 g/mol. The van der Waals surface area contributed by atoms with Crippen LogP contribution in [-0.2, 0) is 4.79 Å². The third-order valence-electron chi connectivity index (χ3n) is 5.32. The highest BCUT2D eigenvalue weighted by Crippen LogP contribution is 2.36. The van der Waals surface area contributed by atoms with Gasteiger partial charge in [0, 0.05) is 16.3 Å². The molecular formula is C28H29BrClN3O6. The van der Waals surface area contributed by atoms with Crippen LogP contribution in [0, 0.1) is 6.92 Å². The maximum absolute atomic E-state index is 12.6. The van der Waals surface area contributed by atoms with Crippen LogP contribution in [0.3, 0.4) is 0 Å². The van der Waals surface area contributed by atoms with Gasteiger partial charge in [0.15, 0.2) is 29.6 Å². The summed E-state index contributed by atoms with van der Waals surface area (Å²) >= 11 is 9.56. The number of hydrogen-bond acceptors (Lipinski definition) is 7. The first-order valence-electron chi connectivity index (χ1n) is 12.0. The van der Waals surface area contributed by atoms with Crippen molar-refractivity contribution in [3.05, 3.63) is 74.7 Å². The van der Waals surface area contributed by atoms with E-state index in [0.29, 0.717) is 55.9 Å². The van der Waals surface area contributed by atoms with Gasteiger partial charge in [0.05, 0.1) is 31.5 Å². The van der Waals surface area contributed by atoms with E-state index in [1.807, 2.05) is 19.9 Å². The van der Waals surface area contributed by atoms with Gasteiger partial charge in [0.2, 0.25) is 0 Å². The van der Waals surface area contributed by atoms with Crippen LogP contribution in [0.25, 0.3) is 0 Å². The maximum Gasteiger partial charge on any atom is 0.271 e. The van der Waals surface area contributed by atoms with E-state index in [4.69, 9.17) is 30.5 Å². The number of amides is 2. The smallest absolute Gasteiger partial charge is 0.271 e. The van der Waals surface area contributed by atoms with Crippen molar-refractivity contribution in [2.24, 2.45) is 5.10 Å². The van der Waals surface area contributed by atoms with Crippen molar-refractivity contribution in [2.75, 3.05) is 32.8 Å². The number of aryl methyl sites for hydroxylation is 1. The first-order valence-corrected chi connectivity index (χ1v) is 13.1. The molecule has 11 heteroatoms. The van der Waals surface area contributed by atoms with Crippen LogP contribution in [0.5, 0.6) is 23.0 Å². The Morgan fingerprint density at radius 2 is 1.77 bits per heavy atom. The highest BCUT2D eigenvalue weighted by Gasteiger charge is 2.14. The molecule has 3 aromatic carbocycles. The molecule has 2 N–H and O–H groups in total. The zero-order valence-electron chi connectivity index (χ0n) is 22.0. The molecule has 9 nitrogen and oxygen atoms in total. The fourth-order valence-electron chi connectivity index (χ4n) is 3.33. The van der Waals surface area contributed by atoms with E-state index in [2.05, 4.69) is 31.8 Å².